The van der Waals surface area contributed by atoms with Crippen LogP contribution in [0.15, 0.2) is 30.7 Å². The molecule has 2 heterocycles. The molecule has 0 saturated heterocycles. The second kappa shape index (κ2) is 5.54. The molecule has 4 rings (SSSR count). The molecule has 114 valence electrons. The molecule has 2 aliphatic rings. The summed E-state index contributed by atoms with van der Waals surface area (Å²) in [5.74, 6) is 0.629. The Balaban J connectivity index is 1.66. The number of hydrogen-bond donors (Lipinski definition) is 0. The van der Waals surface area contributed by atoms with Crippen molar-refractivity contribution < 1.29 is 4.79 Å². The van der Waals surface area contributed by atoms with E-state index in [0.717, 1.165) is 34.7 Å². The van der Waals surface area contributed by atoms with Gasteiger partial charge in [-0.15, -0.1) is 0 Å². The molecule has 2 aromatic rings. The quantitative estimate of drug-likeness (QED) is 0.826. The first-order valence-electron chi connectivity index (χ1n) is 8.09. The van der Waals surface area contributed by atoms with Crippen molar-refractivity contribution >= 4 is 17.4 Å². The lowest BCUT2D eigenvalue weighted by Gasteiger charge is -2.23. The number of fused-ring (bicyclic) bond motifs is 3. The molecular weight excluding hydrogens is 296 g/mol. The van der Waals surface area contributed by atoms with Crippen LogP contribution < -0.4 is 0 Å². The molecule has 0 radical (unpaired) electrons. The Labute approximate surface area is 135 Å². The van der Waals surface area contributed by atoms with Gasteiger partial charge in [0, 0.05) is 28.5 Å². The van der Waals surface area contributed by atoms with Crippen molar-refractivity contribution in [1.82, 2.24) is 9.55 Å². The molecule has 1 aliphatic heterocycles. The molecule has 22 heavy (non-hydrogen) atoms. The maximum absolute atomic E-state index is 12.7. The van der Waals surface area contributed by atoms with Crippen LogP contribution in [0.25, 0.3) is 11.3 Å². The molecular formula is C18H19ClN2O. The molecule has 1 saturated carbocycles. The second-order valence-electron chi connectivity index (χ2n) is 6.41. The van der Waals surface area contributed by atoms with Crippen molar-refractivity contribution in [3.8, 4) is 11.3 Å². The predicted octanol–water partition coefficient (Wildman–Crippen LogP) is 4.65. The van der Waals surface area contributed by atoms with E-state index in [2.05, 4.69) is 15.6 Å². The van der Waals surface area contributed by atoms with E-state index in [1.807, 2.05) is 24.7 Å². The normalized spacial score (nSPS) is 20.7. The second-order valence-corrected chi connectivity index (χ2v) is 6.82. The van der Waals surface area contributed by atoms with Gasteiger partial charge in [-0.05, 0) is 18.9 Å². The van der Waals surface area contributed by atoms with E-state index >= 15 is 0 Å². The van der Waals surface area contributed by atoms with Crippen molar-refractivity contribution in [3.63, 3.8) is 0 Å². The van der Waals surface area contributed by atoms with Crippen LogP contribution in [0.1, 0.15) is 50.1 Å². The van der Waals surface area contributed by atoms with Crippen molar-refractivity contribution in [1.29, 1.82) is 0 Å². The van der Waals surface area contributed by atoms with Gasteiger partial charge < -0.3 is 4.57 Å². The highest BCUT2D eigenvalue weighted by Gasteiger charge is 2.33. The van der Waals surface area contributed by atoms with E-state index in [1.165, 1.54) is 19.3 Å². The number of imidazole rings is 1. The number of aromatic nitrogens is 2. The summed E-state index contributed by atoms with van der Waals surface area (Å²) in [5, 5.41) is 0.752. The molecule has 0 amide bonds. The Morgan fingerprint density at radius 2 is 2.09 bits per heavy atom. The number of nitrogens with zero attached hydrogens (tertiary/aromatic N) is 2. The maximum Gasteiger partial charge on any atom is 0.138 e. The van der Waals surface area contributed by atoms with Gasteiger partial charge in [0.25, 0.3) is 0 Å². The lowest BCUT2D eigenvalue weighted by molar-refractivity contribution is -0.124. The number of rotatable bonds is 3. The fourth-order valence-corrected chi connectivity index (χ4v) is 4.28. The fourth-order valence-electron chi connectivity index (χ4n) is 3.98. The summed E-state index contributed by atoms with van der Waals surface area (Å²) in [5.41, 5.74) is 3.27. The van der Waals surface area contributed by atoms with Gasteiger partial charge in [-0.2, -0.15) is 0 Å². The third-order valence-electron chi connectivity index (χ3n) is 5.12. The molecule has 1 aliphatic carbocycles. The first-order chi connectivity index (χ1) is 10.8. The van der Waals surface area contributed by atoms with Crippen LogP contribution in [0.3, 0.4) is 0 Å². The van der Waals surface area contributed by atoms with Crippen LogP contribution in [-0.2, 0) is 4.79 Å². The predicted molar refractivity (Wildman–Crippen MR) is 87.0 cm³/mol. The van der Waals surface area contributed by atoms with Gasteiger partial charge in [0.1, 0.15) is 5.78 Å². The molecule has 3 nitrogen and oxygen atoms in total. The van der Waals surface area contributed by atoms with E-state index in [1.54, 1.807) is 0 Å². The first-order valence-corrected chi connectivity index (χ1v) is 8.47. The van der Waals surface area contributed by atoms with Gasteiger partial charge in [-0.1, -0.05) is 43.0 Å². The summed E-state index contributed by atoms with van der Waals surface area (Å²) in [4.78, 5) is 17.0. The summed E-state index contributed by atoms with van der Waals surface area (Å²) < 4.78 is 2.11. The number of halogens is 1. The minimum Gasteiger partial charge on any atom is -0.322 e. The number of carbonyl (C=O) groups is 1. The van der Waals surface area contributed by atoms with Gasteiger partial charge in [-0.3, -0.25) is 4.79 Å². The summed E-state index contributed by atoms with van der Waals surface area (Å²) in [7, 11) is 0. The minimum atomic E-state index is 0.00984. The van der Waals surface area contributed by atoms with E-state index in [9.17, 15) is 4.79 Å². The summed E-state index contributed by atoms with van der Waals surface area (Å²) in [6.45, 7) is 0. The molecule has 4 heteroatoms. The average Bonchev–Trinajstić information content (AvgIpc) is 3.12. The van der Waals surface area contributed by atoms with Crippen molar-refractivity contribution in [2.75, 3.05) is 0 Å². The maximum atomic E-state index is 12.7. The summed E-state index contributed by atoms with van der Waals surface area (Å²) >= 11 is 6.44. The van der Waals surface area contributed by atoms with E-state index in [4.69, 9.17) is 11.6 Å². The summed E-state index contributed by atoms with van der Waals surface area (Å²) in [6.07, 6.45) is 9.97. The largest absolute Gasteiger partial charge is 0.322 e. The van der Waals surface area contributed by atoms with Gasteiger partial charge in [-0.25, -0.2) is 4.98 Å². The Morgan fingerprint density at radius 1 is 1.27 bits per heavy atom. The van der Waals surface area contributed by atoms with Crippen molar-refractivity contribution in [2.45, 2.75) is 44.6 Å². The summed E-state index contributed by atoms with van der Waals surface area (Å²) in [6, 6.07) is 5.96. The number of ketones is 1. The van der Waals surface area contributed by atoms with Crippen molar-refractivity contribution in [2.24, 2.45) is 5.92 Å². The topological polar surface area (TPSA) is 34.9 Å². The van der Waals surface area contributed by atoms with E-state index < -0.39 is 0 Å². The average molecular weight is 315 g/mol. The number of benzene rings is 1. The monoisotopic (exact) mass is 314 g/mol. The lowest BCUT2D eigenvalue weighted by atomic mass is 9.83. The molecule has 0 bridgehead atoms. The van der Waals surface area contributed by atoms with Gasteiger partial charge in [0.05, 0.1) is 24.3 Å². The van der Waals surface area contributed by atoms with Gasteiger partial charge >= 0.3 is 0 Å². The molecule has 0 spiro atoms. The molecule has 1 unspecified atom stereocenters. The van der Waals surface area contributed by atoms with Gasteiger partial charge in [0.2, 0.25) is 0 Å². The standard InChI is InChI=1S/C18H19ClN2O/c19-14-8-4-7-13-16-10-20-11-21(16)15(18(13)14)9-17(22)12-5-2-1-3-6-12/h4,7-8,10-12,15H,1-3,5-6,9H2. The molecule has 1 fully saturated rings. The lowest BCUT2D eigenvalue weighted by Crippen LogP contribution is -2.21. The highest BCUT2D eigenvalue weighted by atomic mass is 35.5. The molecule has 1 atom stereocenters. The van der Waals surface area contributed by atoms with Gasteiger partial charge in [0.15, 0.2) is 0 Å². The smallest absolute Gasteiger partial charge is 0.138 e. The Hall–Kier alpha value is -1.61. The van der Waals surface area contributed by atoms with E-state index in [0.29, 0.717) is 12.2 Å². The highest BCUT2D eigenvalue weighted by molar-refractivity contribution is 6.32. The van der Waals surface area contributed by atoms with Crippen LogP contribution >= 0.6 is 11.6 Å². The fraction of sp³-hybridized carbons (Fsp3) is 0.444. The third kappa shape index (κ3) is 2.19. The Kier molecular flexibility index (Phi) is 3.53. The Morgan fingerprint density at radius 3 is 2.91 bits per heavy atom. The zero-order valence-corrected chi connectivity index (χ0v) is 13.2. The van der Waals surface area contributed by atoms with Crippen LogP contribution in [0, 0.1) is 5.92 Å². The molecule has 1 aromatic carbocycles. The Bertz CT molecular complexity index is 716. The first kappa shape index (κ1) is 14.0. The van der Waals surface area contributed by atoms with Crippen LogP contribution in [-0.4, -0.2) is 15.3 Å². The van der Waals surface area contributed by atoms with Crippen molar-refractivity contribution in [3.05, 3.63) is 41.3 Å². The number of carbonyl (C=O) groups excluding carboxylic acids is 1. The van der Waals surface area contributed by atoms with Crippen LogP contribution in [0.5, 0.6) is 0 Å². The SMILES string of the molecule is O=C(CC1c2c(Cl)cccc2-c2cncn21)C1CCCCC1. The molecule has 0 N–H and O–H groups in total. The third-order valence-corrected chi connectivity index (χ3v) is 5.45. The number of Topliss-reactive ketones (excluding diaryl/α,β-unsaturated/α-hetero) is 1. The molecule has 1 aromatic heterocycles. The van der Waals surface area contributed by atoms with Crippen LogP contribution in [0.2, 0.25) is 5.02 Å². The van der Waals surface area contributed by atoms with Crippen LogP contribution in [0.4, 0.5) is 0 Å². The highest BCUT2D eigenvalue weighted by Crippen LogP contribution is 2.45. The zero-order valence-electron chi connectivity index (χ0n) is 12.5. The minimum absolute atomic E-state index is 0.00984. The van der Waals surface area contributed by atoms with E-state index in [-0.39, 0.29) is 12.0 Å². The zero-order chi connectivity index (χ0) is 15.1. The number of hydrogen-bond acceptors (Lipinski definition) is 2.